The van der Waals surface area contributed by atoms with Crippen LogP contribution in [0.5, 0.6) is 0 Å². The molecule has 0 aliphatic carbocycles. The molecule has 0 fully saturated rings. The summed E-state index contributed by atoms with van der Waals surface area (Å²) < 4.78 is 5.85. The zero-order chi connectivity index (χ0) is 17.3. The third-order valence-corrected chi connectivity index (χ3v) is 3.97. The number of rotatable bonds is 3. The van der Waals surface area contributed by atoms with E-state index < -0.39 is 11.5 Å². The maximum absolute atomic E-state index is 12.3. The predicted molar refractivity (Wildman–Crippen MR) is 94.6 cm³/mol. The molecular weight excluding hydrogens is 374 g/mol. The summed E-state index contributed by atoms with van der Waals surface area (Å²) in [6.45, 7) is 1.45. The molecule has 3 aromatic rings. The van der Waals surface area contributed by atoms with Crippen molar-refractivity contribution in [3.63, 3.8) is 0 Å². The number of Topliss-reactive ketones (excluding diaryl/α,β-unsaturated/α-hetero) is 1. The highest BCUT2D eigenvalue weighted by Crippen LogP contribution is 2.19. The van der Waals surface area contributed by atoms with E-state index in [4.69, 9.17) is 4.42 Å². The average Bonchev–Trinajstić information content (AvgIpc) is 2.55. The van der Waals surface area contributed by atoms with E-state index in [2.05, 4.69) is 21.2 Å². The van der Waals surface area contributed by atoms with Crippen LogP contribution in [0.4, 0.5) is 5.69 Å². The third-order valence-electron chi connectivity index (χ3n) is 3.48. The van der Waals surface area contributed by atoms with Gasteiger partial charge in [0.15, 0.2) is 11.5 Å². The van der Waals surface area contributed by atoms with Crippen molar-refractivity contribution in [1.82, 2.24) is 0 Å². The van der Waals surface area contributed by atoms with E-state index in [1.54, 1.807) is 42.5 Å². The molecule has 6 heteroatoms. The molecule has 0 aliphatic heterocycles. The summed E-state index contributed by atoms with van der Waals surface area (Å²) in [6.07, 6.45) is 0. The van der Waals surface area contributed by atoms with Crippen molar-refractivity contribution in [2.24, 2.45) is 0 Å². The number of carbonyl (C=O) groups excluding carboxylic acids is 2. The highest BCUT2D eigenvalue weighted by atomic mass is 79.9. The lowest BCUT2D eigenvalue weighted by atomic mass is 10.1. The Labute approximate surface area is 145 Å². The van der Waals surface area contributed by atoms with Crippen LogP contribution in [0, 0.1) is 0 Å². The number of hydrogen-bond donors (Lipinski definition) is 1. The number of amides is 1. The lowest BCUT2D eigenvalue weighted by Gasteiger charge is -2.06. The van der Waals surface area contributed by atoms with Gasteiger partial charge < -0.3 is 9.73 Å². The Morgan fingerprint density at radius 3 is 2.62 bits per heavy atom. The molecule has 2 aromatic carbocycles. The van der Waals surface area contributed by atoms with Crippen molar-refractivity contribution in [3.05, 3.63) is 74.7 Å². The highest BCUT2D eigenvalue weighted by molar-refractivity contribution is 9.10. The molecule has 0 saturated carbocycles. The van der Waals surface area contributed by atoms with Crippen LogP contribution >= 0.6 is 15.9 Å². The molecule has 1 N–H and O–H groups in total. The van der Waals surface area contributed by atoms with Crippen molar-refractivity contribution < 1.29 is 14.0 Å². The first kappa shape index (κ1) is 16.1. The van der Waals surface area contributed by atoms with Gasteiger partial charge in [0.05, 0.1) is 5.39 Å². The van der Waals surface area contributed by atoms with Gasteiger partial charge in [0, 0.05) is 15.7 Å². The van der Waals surface area contributed by atoms with Gasteiger partial charge in [-0.25, -0.2) is 4.79 Å². The van der Waals surface area contributed by atoms with Crippen LogP contribution in [0.2, 0.25) is 0 Å². The summed E-state index contributed by atoms with van der Waals surface area (Å²) in [6, 6.07) is 13.2. The van der Waals surface area contributed by atoms with Gasteiger partial charge in [-0.15, -0.1) is 0 Å². The van der Waals surface area contributed by atoms with E-state index in [1.807, 2.05) is 0 Å². The van der Waals surface area contributed by atoms with Crippen LogP contribution < -0.4 is 10.9 Å². The van der Waals surface area contributed by atoms with Crippen LogP contribution in [0.3, 0.4) is 0 Å². The third kappa shape index (κ3) is 3.28. The number of ketones is 1. The molecule has 0 bridgehead atoms. The fourth-order valence-electron chi connectivity index (χ4n) is 2.28. The molecule has 120 valence electrons. The van der Waals surface area contributed by atoms with Gasteiger partial charge in [-0.1, -0.05) is 34.1 Å². The standard InChI is InChI=1S/C18H12BrNO4/c1-10(21)11-3-2-4-14(7-11)20-17(22)16-8-12-5-6-13(19)9-15(12)18(23)24-16/h2-9H,1H3,(H,20,22). The molecule has 0 spiro atoms. The molecule has 0 radical (unpaired) electrons. The van der Waals surface area contributed by atoms with E-state index in [9.17, 15) is 14.4 Å². The molecule has 3 rings (SSSR count). The zero-order valence-corrected chi connectivity index (χ0v) is 14.2. The number of benzene rings is 2. The lowest BCUT2D eigenvalue weighted by Crippen LogP contribution is -2.15. The van der Waals surface area contributed by atoms with E-state index in [-0.39, 0.29) is 11.5 Å². The Morgan fingerprint density at radius 2 is 1.88 bits per heavy atom. The van der Waals surface area contributed by atoms with Crippen molar-refractivity contribution in [2.75, 3.05) is 5.32 Å². The summed E-state index contributed by atoms with van der Waals surface area (Å²) in [5, 5.41) is 3.62. The number of nitrogens with one attached hydrogen (secondary N) is 1. The predicted octanol–water partition coefficient (Wildman–Crippen LogP) is 4.01. The Balaban J connectivity index is 1.94. The molecule has 0 unspecified atom stereocenters. The monoisotopic (exact) mass is 385 g/mol. The molecule has 0 atom stereocenters. The maximum atomic E-state index is 12.3. The average molecular weight is 386 g/mol. The molecule has 1 heterocycles. The molecule has 0 aliphatic rings. The number of hydrogen-bond acceptors (Lipinski definition) is 4. The number of fused-ring (bicyclic) bond motifs is 1. The van der Waals surface area contributed by atoms with Crippen molar-refractivity contribution in [3.8, 4) is 0 Å². The van der Waals surface area contributed by atoms with Gasteiger partial charge in [-0.05, 0) is 42.6 Å². The first-order valence-corrected chi connectivity index (χ1v) is 7.89. The molecule has 1 aromatic heterocycles. The summed E-state index contributed by atoms with van der Waals surface area (Å²) in [4.78, 5) is 35.8. The van der Waals surface area contributed by atoms with Gasteiger partial charge in [-0.3, -0.25) is 9.59 Å². The maximum Gasteiger partial charge on any atom is 0.344 e. The van der Waals surface area contributed by atoms with Crippen LogP contribution in [-0.4, -0.2) is 11.7 Å². The molecule has 5 nitrogen and oxygen atoms in total. The van der Waals surface area contributed by atoms with Gasteiger partial charge in [0.2, 0.25) is 0 Å². The summed E-state index contributed by atoms with van der Waals surface area (Å²) in [7, 11) is 0. The lowest BCUT2D eigenvalue weighted by molar-refractivity contribution is 0.0989. The Morgan fingerprint density at radius 1 is 1.08 bits per heavy atom. The van der Waals surface area contributed by atoms with Gasteiger partial charge in [0.25, 0.3) is 5.91 Å². The second-order valence-electron chi connectivity index (χ2n) is 5.22. The molecule has 0 saturated heterocycles. The van der Waals surface area contributed by atoms with E-state index >= 15 is 0 Å². The number of halogens is 1. The van der Waals surface area contributed by atoms with Crippen molar-refractivity contribution in [1.29, 1.82) is 0 Å². The van der Waals surface area contributed by atoms with Gasteiger partial charge in [0.1, 0.15) is 0 Å². The smallest absolute Gasteiger partial charge is 0.344 e. The minimum absolute atomic E-state index is 0.0944. The Hall–Kier alpha value is -2.73. The minimum atomic E-state index is -0.587. The van der Waals surface area contributed by atoms with Crippen molar-refractivity contribution in [2.45, 2.75) is 6.92 Å². The summed E-state index contributed by atoms with van der Waals surface area (Å²) >= 11 is 3.29. The molecule has 1 amide bonds. The van der Waals surface area contributed by atoms with Crippen LogP contribution in [-0.2, 0) is 0 Å². The van der Waals surface area contributed by atoms with Crippen LogP contribution in [0.1, 0.15) is 27.8 Å². The SMILES string of the molecule is CC(=O)c1cccc(NC(=O)c2cc3ccc(Br)cc3c(=O)o2)c1. The first-order valence-electron chi connectivity index (χ1n) is 7.10. The molecular formula is C18H12BrNO4. The quantitative estimate of drug-likeness (QED) is 0.691. The second kappa shape index (κ2) is 6.41. The van der Waals surface area contributed by atoms with Crippen LogP contribution in [0.25, 0.3) is 10.8 Å². The van der Waals surface area contributed by atoms with E-state index in [1.165, 1.54) is 13.0 Å². The normalized spacial score (nSPS) is 10.6. The topological polar surface area (TPSA) is 76.4 Å². The van der Waals surface area contributed by atoms with E-state index in [0.29, 0.717) is 22.0 Å². The number of carbonyl (C=O) groups is 2. The zero-order valence-electron chi connectivity index (χ0n) is 12.6. The van der Waals surface area contributed by atoms with Gasteiger partial charge >= 0.3 is 5.63 Å². The van der Waals surface area contributed by atoms with Gasteiger partial charge in [-0.2, -0.15) is 0 Å². The minimum Gasteiger partial charge on any atom is -0.417 e. The summed E-state index contributed by atoms with van der Waals surface area (Å²) in [5.41, 5.74) is 0.348. The number of anilines is 1. The second-order valence-corrected chi connectivity index (χ2v) is 6.14. The van der Waals surface area contributed by atoms with Crippen molar-refractivity contribution >= 4 is 44.1 Å². The molecule has 24 heavy (non-hydrogen) atoms. The highest BCUT2D eigenvalue weighted by Gasteiger charge is 2.13. The Bertz CT molecular complexity index is 1020. The fourth-order valence-corrected chi connectivity index (χ4v) is 2.64. The largest absolute Gasteiger partial charge is 0.417 e. The fraction of sp³-hybridized carbons (Fsp3) is 0.0556. The Kier molecular flexibility index (Phi) is 4.31. The first-order chi connectivity index (χ1) is 11.4. The van der Waals surface area contributed by atoms with Crippen LogP contribution in [0.15, 0.2) is 62.2 Å². The summed E-state index contributed by atoms with van der Waals surface area (Å²) in [5.74, 6) is -0.755. The van der Waals surface area contributed by atoms with E-state index in [0.717, 1.165) is 4.47 Å².